The fraction of sp³-hybridized carbons (Fsp3) is 0.136. The van der Waals surface area contributed by atoms with Gasteiger partial charge in [-0.15, -0.1) is 35.9 Å². The van der Waals surface area contributed by atoms with Crippen LogP contribution in [-0.4, -0.2) is 5.71 Å². The monoisotopic (exact) mass is 489 g/mol. The molecule has 2 heteroatoms. The molecule has 1 aliphatic rings. The molecule has 1 heterocycles. The Kier molecular flexibility index (Phi) is 4.80. The number of hydrogen-bond donors (Lipinski definition) is 0. The summed E-state index contributed by atoms with van der Waals surface area (Å²) in [5.74, 6) is 0.186. The van der Waals surface area contributed by atoms with Gasteiger partial charge in [-0.05, 0) is 47.9 Å². The van der Waals surface area contributed by atoms with E-state index in [1.165, 1.54) is 22.3 Å². The summed E-state index contributed by atoms with van der Waals surface area (Å²) in [6, 6.07) is 26.4. The Hall–Kier alpha value is -2.02. The van der Waals surface area contributed by atoms with E-state index in [0.717, 1.165) is 17.0 Å². The van der Waals surface area contributed by atoms with Crippen LogP contribution in [0.3, 0.4) is 0 Å². The first-order valence-electron chi connectivity index (χ1n) is 7.96. The maximum atomic E-state index is 4.95. The van der Waals surface area contributed by atoms with Crippen LogP contribution >= 0.6 is 0 Å². The first kappa shape index (κ1) is 16.8. The molecule has 24 heavy (non-hydrogen) atoms. The van der Waals surface area contributed by atoms with Crippen LogP contribution in [0.25, 0.3) is 0 Å². The molecule has 0 bridgehead atoms. The van der Waals surface area contributed by atoms with Crippen molar-refractivity contribution < 1.29 is 20.1 Å². The third-order valence-corrected chi connectivity index (χ3v) is 4.58. The first-order chi connectivity index (χ1) is 11.3. The van der Waals surface area contributed by atoms with Crippen molar-refractivity contribution in [1.82, 2.24) is 0 Å². The third kappa shape index (κ3) is 2.77. The number of para-hydroxylation sites is 1. The second-order valence-corrected chi connectivity index (χ2v) is 6.07. The molecule has 1 aliphatic heterocycles. The number of fused-ring (bicyclic) bond motifs is 1. The second-order valence-electron chi connectivity index (χ2n) is 6.07. The molecule has 0 aliphatic carbocycles. The number of nitrogens with zero attached hydrogens (tertiary/aromatic N) is 1. The molecule has 3 aromatic carbocycles. The van der Waals surface area contributed by atoms with Crippen LogP contribution in [-0.2, 0) is 20.1 Å². The van der Waals surface area contributed by atoms with E-state index in [4.69, 9.17) is 4.99 Å². The van der Waals surface area contributed by atoms with E-state index in [1.54, 1.807) is 0 Å². The predicted octanol–water partition coefficient (Wildman–Crippen LogP) is 5.37. The summed E-state index contributed by atoms with van der Waals surface area (Å²) in [6.45, 7) is 4.38. The summed E-state index contributed by atoms with van der Waals surface area (Å²) < 4.78 is 0. The molecule has 0 amide bonds. The molecule has 0 saturated carbocycles. The largest absolute Gasteiger partial charge is 0.300 e. The van der Waals surface area contributed by atoms with Gasteiger partial charge in [0.25, 0.3) is 0 Å². The van der Waals surface area contributed by atoms with Crippen LogP contribution in [0.4, 0.5) is 5.69 Å². The minimum Gasteiger partial charge on any atom is -0.300 e. The van der Waals surface area contributed by atoms with Gasteiger partial charge in [-0.2, -0.15) is 0 Å². The second kappa shape index (κ2) is 6.84. The van der Waals surface area contributed by atoms with Crippen LogP contribution < -0.4 is 0 Å². The fourth-order valence-corrected chi connectivity index (χ4v) is 3.52. The third-order valence-electron chi connectivity index (χ3n) is 4.58. The van der Waals surface area contributed by atoms with Gasteiger partial charge in [0, 0.05) is 26.0 Å². The zero-order chi connectivity index (χ0) is 15.8. The van der Waals surface area contributed by atoms with Crippen molar-refractivity contribution in [3.63, 3.8) is 0 Å². The number of hydrogen-bond acceptors (Lipinski definition) is 1. The molecule has 0 N–H and O–H groups in total. The Morgan fingerprint density at radius 3 is 2.25 bits per heavy atom. The fourth-order valence-electron chi connectivity index (χ4n) is 3.52. The number of benzene rings is 3. The molecule has 0 spiro atoms. The molecular weight excluding hydrogens is 470 g/mol. The zero-order valence-corrected chi connectivity index (χ0v) is 16.1. The Bertz CT molecular complexity index is 877. The van der Waals surface area contributed by atoms with Gasteiger partial charge in [0.2, 0.25) is 0 Å². The summed E-state index contributed by atoms with van der Waals surface area (Å²) in [5, 5.41) is 0. The van der Waals surface area contributed by atoms with Crippen LogP contribution in [0.5, 0.6) is 0 Å². The SMILES string of the molecule is Cc1cccc(C)c1C1C(c2[c-]cccc2)=Nc2ccccc21.[Ir]. The molecule has 0 fully saturated rings. The van der Waals surface area contributed by atoms with E-state index in [1.807, 2.05) is 12.1 Å². The Labute approximate surface area is 156 Å². The maximum Gasteiger partial charge on any atom is 0.0554 e. The van der Waals surface area contributed by atoms with E-state index in [0.29, 0.717) is 0 Å². The molecule has 1 nitrogen and oxygen atoms in total. The van der Waals surface area contributed by atoms with Crippen molar-refractivity contribution in [1.29, 1.82) is 0 Å². The van der Waals surface area contributed by atoms with Crippen LogP contribution in [0.2, 0.25) is 0 Å². The van der Waals surface area contributed by atoms with E-state index < -0.39 is 0 Å². The number of aryl methyl sites for hydroxylation is 2. The molecule has 1 radical (unpaired) electrons. The van der Waals surface area contributed by atoms with Crippen molar-refractivity contribution in [3.05, 3.63) is 101 Å². The molecule has 0 saturated heterocycles. The van der Waals surface area contributed by atoms with Gasteiger partial charge in [0.05, 0.1) is 5.69 Å². The summed E-state index contributed by atoms with van der Waals surface area (Å²) in [6.07, 6.45) is 0. The molecule has 1 unspecified atom stereocenters. The topological polar surface area (TPSA) is 12.4 Å². The predicted molar refractivity (Wildman–Crippen MR) is 95.7 cm³/mol. The summed E-state index contributed by atoms with van der Waals surface area (Å²) in [7, 11) is 0. The van der Waals surface area contributed by atoms with Gasteiger partial charge in [0.1, 0.15) is 0 Å². The summed E-state index contributed by atoms with van der Waals surface area (Å²) in [4.78, 5) is 4.95. The van der Waals surface area contributed by atoms with Gasteiger partial charge in [-0.3, -0.25) is 4.99 Å². The molecule has 121 valence electrons. The van der Waals surface area contributed by atoms with Gasteiger partial charge < -0.3 is 0 Å². The Morgan fingerprint density at radius 1 is 0.833 bits per heavy atom. The van der Waals surface area contributed by atoms with Crippen molar-refractivity contribution in [3.8, 4) is 0 Å². The zero-order valence-electron chi connectivity index (χ0n) is 13.7. The minimum atomic E-state index is 0. The van der Waals surface area contributed by atoms with Crippen LogP contribution in [0.1, 0.15) is 33.7 Å². The molecule has 3 aromatic rings. The average Bonchev–Trinajstić information content (AvgIpc) is 2.95. The van der Waals surface area contributed by atoms with E-state index in [-0.39, 0.29) is 26.0 Å². The Balaban J connectivity index is 0.00000169. The average molecular weight is 489 g/mol. The van der Waals surface area contributed by atoms with Gasteiger partial charge in [0.15, 0.2) is 0 Å². The standard InChI is InChI=1S/C22H18N.Ir/c1-15-9-8-10-16(2)20(15)21-18-13-6-7-14-19(18)23-22(21)17-11-4-3-5-12-17;/h3-11,13-14,21H,1-2H3;/q-1;. The van der Waals surface area contributed by atoms with Gasteiger partial charge >= 0.3 is 0 Å². The summed E-state index contributed by atoms with van der Waals surface area (Å²) in [5.41, 5.74) is 8.55. The van der Waals surface area contributed by atoms with Crippen molar-refractivity contribution in [2.24, 2.45) is 4.99 Å². The molecular formula is C22H18IrN-. The quantitative estimate of drug-likeness (QED) is 0.430. The molecule has 1 atom stereocenters. The van der Waals surface area contributed by atoms with E-state index >= 15 is 0 Å². The van der Waals surface area contributed by atoms with Crippen LogP contribution in [0, 0.1) is 19.9 Å². The van der Waals surface area contributed by atoms with Crippen LogP contribution in [0.15, 0.2) is 71.7 Å². The number of rotatable bonds is 2. The van der Waals surface area contributed by atoms with E-state index in [9.17, 15) is 0 Å². The summed E-state index contributed by atoms with van der Waals surface area (Å²) >= 11 is 0. The van der Waals surface area contributed by atoms with Crippen molar-refractivity contribution in [2.75, 3.05) is 0 Å². The normalized spacial score (nSPS) is 15.4. The molecule has 4 rings (SSSR count). The van der Waals surface area contributed by atoms with Gasteiger partial charge in [-0.1, -0.05) is 36.4 Å². The van der Waals surface area contributed by atoms with Crippen molar-refractivity contribution >= 4 is 11.4 Å². The van der Waals surface area contributed by atoms with Gasteiger partial charge in [-0.25, -0.2) is 0 Å². The number of aliphatic imine (C=N–C) groups is 1. The molecule has 0 aromatic heterocycles. The first-order valence-corrected chi connectivity index (χ1v) is 7.96. The minimum absolute atomic E-state index is 0. The smallest absolute Gasteiger partial charge is 0.0554 e. The Morgan fingerprint density at radius 2 is 1.54 bits per heavy atom. The maximum absolute atomic E-state index is 4.95. The van der Waals surface area contributed by atoms with E-state index in [2.05, 4.69) is 74.5 Å². The van der Waals surface area contributed by atoms with Crippen molar-refractivity contribution in [2.45, 2.75) is 19.8 Å².